The highest BCUT2D eigenvalue weighted by Gasteiger charge is 2.19. The third-order valence-electron chi connectivity index (χ3n) is 3.18. The highest BCUT2D eigenvalue weighted by molar-refractivity contribution is 5.81. The van der Waals surface area contributed by atoms with Crippen LogP contribution < -0.4 is 10.6 Å². The van der Waals surface area contributed by atoms with E-state index >= 15 is 0 Å². The van der Waals surface area contributed by atoms with Crippen molar-refractivity contribution in [1.82, 2.24) is 10.6 Å². The molecule has 3 nitrogen and oxygen atoms in total. The minimum Gasteiger partial charge on any atom is -0.354 e. The van der Waals surface area contributed by atoms with Crippen molar-refractivity contribution in [2.24, 2.45) is 0 Å². The highest BCUT2D eigenvalue weighted by Crippen LogP contribution is 2.06. The molecular weight excluding hydrogens is 212 g/mol. The highest BCUT2D eigenvalue weighted by atomic mass is 16.2. The molecule has 3 heteroatoms. The van der Waals surface area contributed by atoms with Crippen LogP contribution in [0.5, 0.6) is 0 Å². The molecule has 1 fully saturated rings. The number of nitrogens with one attached hydrogen (secondary N) is 2. The van der Waals surface area contributed by atoms with Crippen LogP contribution in [0, 0.1) is 0 Å². The number of carbonyl (C=O) groups excluding carboxylic acids is 1. The Morgan fingerprint density at radius 1 is 1.29 bits per heavy atom. The zero-order valence-electron chi connectivity index (χ0n) is 10.1. The predicted molar refractivity (Wildman–Crippen MR) is 68.8 cm³/mol. The summed E-state index contributed by atoms with van der Waals surface area (Å²) in [5.74, 6) is 0.153. The Labute approximate surface area is 103 Å². The van der Waals surface area contributed by atoms with Crippen molar-refractivity contribution in [3.05, 3.63) is 35.9 Å². The second-order valence-electron chi connectivity index (χ2n) is 4.53. The summed E-state index contributed by atoms with van der Waals surface area (Å²) in [6.07, 6.45) is 4.22. The normalized spacial score (nSPS) is 19.9. The standard InChI is InChI=1S/C14H20N2O/c17-14(13-8-4-5-10-15-13)16-11-9-12-6-2-1-3-7-12/h1-3,6-7,13,15H,4-5,8-11H2,(H,16,17)/t13-/m1/s1. The smallest absolute Gasteiger partial charge is 0.237 e. The molecular formula is C14H20N2O. The van der Waals surface area contributed by atoms with Crippen molar-refractivity contribution in [3.8, 4) is 0 Å². The maximum absolute atomic E-state index is 11.8. The van der Waals surface area contributed by atoms with Crippen LogP contribution in [0.15, 0.2) is 30.3 Å². The Balaban J connectivity index is 1.69. The molecule has 0 saturated carbocycles. The molecule has 2 rings (SSSR count). The van der Waals surface area contributed by atoms with Crippen LogP contribution >= 0.6 is 0 Å². The molecule has 17 heavy (non-hydrogen) atoms. The van der Waals surface area contributed by atoms with Gasteiger partial charge in [0.05, 0.1) is 6.04 Å². The lowest BCUT2D eigenvalue weighted by Gasteiger charge is -2.22. The summed E-state index contributed by atoms with van der Waals surface area (Å²) < 4.78 is 0. The average Bonchev–Trinajstić information content (AvgIpc) is 2.41. The van der Waals surface area contributed by atoms with Crippen molar-refractivity contribution in [3.63, 3.8) is 0 Å². The van der Waals surface area contributed by atoms with E-state index in [4.69, 9.17) is 0 Å². The van der Waals surface area contributed by atoms with Gasteiger partial charge in [0.15, 0.2) is 0 Å². The Morgan fingerprint density at radius 2 is 2.12 bits per heavy atom. The SMILES string of the molecule is O=C(NCCc1ccccc1)[C@H]1CCCCN1. The number of amides is 1. The summed E-state index contributed by atoms with van der Waals surface area (Å²) in [7, 11) is 0. The van der Waals surface area contributed by atoms with E-state index in [1.54, 1.807) is 0 Å². The second-order valence-corrected chi connectivity index (χ2v) is 4.53. The molecule has 1 aromatic carbocycles. The van der Waals surface area contributed by atoms with Gasteiger partial charge in [-0.05, 0) is 31.4 Å². The lowest BCUT2D eigenvalue weighted by molar-refractivity contribution is -0.123. The van der Waals surface area contributed by atoms with Crippen LogP contribution in [0.1, 0.15) is 24.8 Å². The fraction of sp³-hybridized carbons (Fsp3) is 0.500. The number of piperidine rings is 1. The molecule has 0 bridgehead atoms. The van der Waals surface area contributed by atoms with Crippen LogP contribution in [0.3, 0.4) is 0 Å². The molecule has 1 amide bonds. The maximum Gasteiger partial charge on any atom is 0.237 e. The first kappa shape index (κ1) is 12.1. The molecule has 1 atom stereocenters. The molecule has 1 aliphatic rings. The van der Waals surface area contributed by atoms with Crippen molar-refractivity contribution < 1.29 is 4.79 Å². The van der Waals surface area contributed by atoms with Gasteiger partial charge in [-0.1, -0.05) is 36.8 Å². The first-order valence-corrected chi connectivity index (χ1v) is 6.41. The number of benzene rings is 1. The largest absolute Gasteiger partial charge is 0.354 e. The molecule has 92 valence electrons. The van der Waals surface area contributed by atoms with Gasteiger partial charge in [0, 0.05) is 6.54 Å². The zero-order valence-corrected chi connectivity index (χ0v) is 10.1. The fourth-order valence-electron chi connectivity index (χ4n) is 2.17. The summed E-state index contributed by atoms with van der Waals surface area (Å²) in [6, 6.07) is 10.3. The average molecular weight is 232 g/mol. The van der Waals surface area contributed by atoms with Gasteiger partial charge in [0.25, 0.3) is 0 Å². The van der Waals surface area contributed by atoms with Crippen molar-refractivity contribution in [2.75, 3.05) is 13.1 Å². The Morgan fingerprint density at radius 3 is 2.82 bits per heavy atom. The first-order chi connectivity index (χ1) is 8.36. The van der Waals surface area contributed by atoms with Gasteiger partial charge < -0.3 is 10.6 Å². The zero-order chi connectivity index (χ0) is 11.9. The molecule has 0 aliphatic carbocycles. The fourth-order valence-corrected chi connectivity index (χ4v) is 2.17. The molecule has 1 heterocycles. The van der Waals surface area contributed by atoms with Gasteiger partial charge in [-0.2, -0.15) is 0 Å². The first-order valence-electron chi connectivity index (χ1n) is 6.41. The van der Waals surface area contributed by atoms with Crippen LogP contribution in [0.2, 0.25) is 0 Å². The summed E-state index contributed by atoms with van der Waals surface area (Å²) >= 11 is 0. The molecule has 2 N–H and O–H groups in total. The number of hydrogen-bond donors (Lipinski definition) is 2. The molecule has 0 radical (unpaired) electrons. The topological polar surface area (TPSA) is 41.1 Å². The Bertz CT molecular complexity index is 344. The second kappa shape index (κ2) is 6.40. The van der Waals surface area contributed by atoms with E-state index in [-0.39, 0.29) is 11.9 Å². The Kier molecular flexibility index (Phi) is 4.56. The number of carbonyl (C=O) groups is 1. The van der Waals surface area contributed by atoms with E-state index in [0.29, 0.717) is 0 Å². The summed E-state index contributed by atoms with van der Waals surface area (Å²) in [5, 5.41) is 6.25. The number of rotatable bonds is 4. The van der Waals surface area contributed by atoms with Crippen LogP contribution in [-0.2, 0) is 11.2 Å². The van der Waals surface area contributed by atoms with Crippen LogP contribution in [-0.4, -0.2) is 25.0 Å². The van der Waals surface area contributed by atoms with E-state index in [1.807, 2.05) is 18.2 Å². The molecule has 0 spiro atoms. The maximum atomic E-state index is 11.8. The Hall–Kier alpha value is -1.35. The molecule has 1 aliphatic heterocycles. The van der Waals surface area contributed by atoms with E-state index < -0.39 is 0 Å². The van der Waals surface area contributed by atoms with E-state index in [1.165, 1.54) is 12.0 Å². The third kappa shape index (κ3) is 3.86. The van der Waals surface area contributed by atoms with Gasteiger partial charge in [-0.25, -0.2) is 0 Å². The molecule has 0 aromatic heterocycles. The van der Waals surface area contributed by atoms with E-state index in [2.05, 4.69) is 22.8 Å². The summed E-state index contributed by atoms with van der Waals surface area (Å²) in [6.45, 7) is 1.69. The molecule has 1 saturated heterocycles. The molecule has 0 unspecified atom stereocenters. The minimum atomic E-state index is 0.0273. The lowest BCUT2D eigenvalue weighted by Crippen LogP contribution is -2.47. The van der Waals surface area contributed by atoms with E-state index in [0.717, 1.165) is 32.4 Å². The third-order valence-corrected chi connectivity index (χ3v) is 3.18. The summed E-state index contributed by atoms with van der Waals surface area (Å²) in [5.41, 5.74) is 1.27. The summed E-state index contributed by atoms with van der Waals surface area (Å²) in [4.78, 5) is 11.8. The van der Waals surface area contributed by atoms with Crippen molar-refractivity contribution in [1.29, 1.82) is 0 Å². The van der Waals surface area contributed by atoms with Crippen LogP contribution in [0.4, 0.5) is 0 Å². The monoisotopic (exact) mass is 232 g/mol. The van der Waals surface area contributed by atoms with Gasteiger partial charge >= 0.3 is 0 Å². The lowest BCUT2D eigenvalue weighted by atomic mass is 10.0. The van der Waals surface area contributed by atoms with E-state index in [9.17, 15) is 4.79 Å². The van der Waals surface area contributed by atoms with Gasteiger partial charge in [0.1, 0.15) is 0 Å². The van der Waals surface area contributed by atoms with Gasteiger partial charge in [-0.15, -0.1) is 0 Å². The van der Waals surface area contributed by atoms with Crippen molar-refractivity contribution >= 4 is 5.91 Å². The van der Waals surface area contributed by atoms with Gasteiger partial charge in [0.2, 0.25) is 5.91 Å². The van der Waals surface area contributed by atoms with Crippen LogP contribution in [0.25, 0.3) is 0 Å². The van der Waals surface area contributed by atoms with Crippen molar-refractivity contribution in [2.45, 2.75) is 31.7 Å². The van der Waals surface area contributed by atoms with Gasteiger partial charge in [-0.3, -0.25) is 4.79 Å². The predicted octanol–water partition coefficient (Wildman–Crippen LogP) is 1.49. The minimum absolute atomic E-state index is 0.0273. The molecule has 1 aromatic rings. The number of hydrogen-bond acceptors (Lipinski definition) is 2. The quantitative estimate of drug-likeness (QED) is 0.825.